The second-order valence-corrected chi connectivity index (χ2v) is 3.75. The summed E-state index contributed by atoms with van der Waals surface area (Å²) in [6.07, 6.45) is 0. The Labute approximate surface area is 75.6 Å². The average molecular weight is 183 g/mol. The molecule has 1 aliphatic rings. The highest BCUT2D eigenvalue weighted by Crippen LogP contribution is 2.62. The van der Waals surface area contributed by atoms with Gasteiger partial charge in [0.05, 0.1) is 11.5 Å². The van der Waals surface area contributed by atoms with Crippen LogP contribution in [-0.4, -0.2) is 11.5 Å². The minimum Gasteiger partial charge on any atom is -0.320 e. The Morgan fingerprint density at radius 1 is 1.23 bits per heavy atom. The molecule has 2 atom stereocenters. The van der Waals surface area contributed by atoms with E-state index in [1.807, 2.05) is 0 Å². The summed E-state index contributed by atoms with van der Waals surface area (Å²) in [5.41, 5.74) is 4.73. The van der Waals surface area contributed by atoms with Gasteiger partial charge >= 0.3 is 0 Å². The number of halogens is 2. The molecular weight excluding hydrogens is 172 g/mol. The highest BCUT2D eigenvalue weighted by molar-refractivity contribution is 5.40. The van der Waals surface area contributed by atoms with E-state index in [0.29, 0.717) is 5.56 Å². The maximum atomic E-state index is 13.1. The smallest absolute Gasteiger partial charge is 0.274 e. The number of rotatable bonds is 1. The summed E-state index contributed by atoms with van der Waals surface area (Å²) in [4.78, 5) is 0. The summed E-state index contributed by atoms with van der Waals surface area (Å²) in [6, 6.07) is 8.69. The minimum atomic E-state index is -2.76. The summed E-state index contributed by atoms with van der Waals surface area (Å²) >= 11 is 0. The van der Waals surface area contributed by atoms with Gasteiger partial charge < -0.3 is 5.73 Å². The fourth-order valence-corrected chi connectivity index (χ4v) is 1.75. The van der Waals surface area contributed by atoms with Crippen LogP contribution in [0.3, 0.4) is 0 Å². The average Bonchev–Trinajstić information content (AvgIpc) is 2.44. The van der Waals surface area contributed by atoms with Crippen molar-refractivity contribution in [2.24, 2.45) is 5.73 Å². The van der Waals surface area contributed by atoms with Gasteiger partial charge in [-0.2, -0.15) is 0 Å². The van der Waals surface area contributed by atoms with Gasteiger partial charge in [-0.15, -0.1) is 0 Å². The zero-order valence-corrected chi connectivity index (χ0v) is 7.30. The molecule has 70 valence electrons. The highest BCUT2D eigenvalue weighted by Gasteiger charge is 2.76. The second kappa shape index (κ2) is 2.29. The Morgan fingerprint density at radius 3 is 2.08 bits per heavy atom. The van der Waals surface area contributed by atoms with Gasteiger partial charge in [-0.25, -0.2) is 8.78 Å². The molecular formula is C10H11F2N. The van der Waals surface area contributed by atoms with Crippen molar-refractivity contribution in [3.8, 4) is 0 Å². The molecule has 0 saturated heterocycles. The molecule has 2 N–H and O–H groups in total. The Morgan fingerprint density at radius 2 is 1.69 bits per heavy atom. The van der Waals surface area contributed by atoms with Crippen molar-refractivity contribution >= 4 is 0 Å². The van der Waals surface area contributed by atoms with E-state index in [4.69, 9.17) is 5.73 Å². The molecule has 1 fully saturated rings. The van der Waals surface area contributed by atoms with Crippen LogP contribution >= 0.6 is 0 Å². The molecule has 0 radical (unpaired) electrons. The Kier molecular flexibility index (Phi) is 1.52. The topological polar surface area (TPSA) is 26.0 Å². The van der Waals surface area contributed by atoms with Crippen molar-refractivity contribution in [2.45, 2.75) is 24.3 Å². The quantitative estimate of drug-likeness (QED) is 0.709. The predicted molar refractivity (Wildman–Crippen MR) is 46.7 cm³/mol. The van der Waals surface area contributed by atoms with Crippen LogP contribution in [0.25, 0.3) is 0 Å². The number of nitrogens with two attached hydrogens (primary N) is 1. The van der Waals surface area contributed by atoms with Crippen molar-refractivity contribution in [2.75, 3.05) is 0 Å². The van der Waals surface area contributed by atoms with Crippen LogP contribution in [0.2, 0.25) is 0 Å². The van der Waals surface area contributed by atoms with E-state index in [0.717, 1.165) is 0 Å². The van der Waals surface area contributed by atoms with E-state index in [9.17, 15) is 8.78 Å². The monoisotopic (exact) mass is 183 g/mol. The molecule has 0 unspecified atom stereocenters. The van der Waals surface area contributed by atoms with E-state index in [1.165, 1.54) is 6.92 Å². The zero-order valence-electron chi connectivity index (χ0n) is 7.30. The van der Waals surface area contributed by atoms with Crippen LogP contribution in [0, 0.1) is 0 Å². The largest absolute Gasteiger partial charge is 0.320 e. The van der Waals surface area contributed by atoms with Crippen LogP contribution < -0.4 is 5.73 Å². The lowest BCUT2D eigenvalue weighted by Crippen LogP contribution is -2.25. The summed E-state index contributed by atoms with van der Waals surface area (Å²) in [5, 5.41) is 0. The number of alkyl halides is 2. The molecule has 1 aromatic rings. The third kappa shape index (κ3) is 1.000. The van der Waals surface area contributed by atoms with Gasteiger partial charge in [-0.3, -0.25) is 0 Å². The summed E-state index contributed by atoms with van der Waals surface area (Å²) in [7, 11) is 0. The SMILES string of the molecule is C[C@]1(N)[C@@H](c2ccccc2)C1(F)F. The van der Waals surface area contributed by atoms with Gasteiger partial charge in [0.25, 0.3) is 5.92 Å². The summed E-state index contributed by atoms with van der Waals surface area (Å²) in [5.74, 6) is -3.57. The fourth-order valence-electron chi connectivity index (χ4n) is 1.75. The number of benzene rings is 1. The van der Waals surface area contributed by atoms with Crippen LogP contribution in [0.1, 0.15) is 18.4 Å². The first kappa shape index (κ1) is 8.63. The van der Waals surface area contributed by atoms with Crippen molar-refractivity contribution < 1.29 is 8.78 Å². The van der Waals surface area contributed by atoms with Crippen LogP contribution in [0.15, 0.2) is 30.3 Å². The molecule has 0 bridgehead atoms. The van der Waals surface area contributed by atoms with Gasteiger partial charge in [0.1, 0.15) is 0 Å². The molecule has 1 saturated carbocycles. The number of hydrogen-bond donors (Lipinski definition) is 1. The maximum absolute atomic E-state index is 13.1. The van der Waals surface area contributed by atoms with Gasteiger partial charge in [-0.05, 0) is 12.5 Å². The third-order valence-electron chi connectivity index (χ3n) is 2.73. The van der Waals surface area contributed by atoms with Crippen LogP contribution in [-0.2, 0) is 0 Å². The first-order valence-corrected chi connectivity index (χ1v) is 4.19. The lowest BCUT2D eigenvalue weighted by Gasteiger charge is -1.99. The molecule has 0 spiro atoms. The van der Waals surface area contributed by atoms with Crippen LogP contribution in [0.4, 0.5) is 8.78 Å². The van der Waals surface area contributed by atoms with E-state index in [-0.39, 0.29) is 0 Å². The van der Waals surface area contributed by atoms with Crippen molar-refractivity contribution in [3.05, 3.63) is 35.9 Å². The molecule has 1 aliphatic carbocycles. The van der Waals surface area contributed by atoms with Crippen molar-refractivity contribution in [3.63, 3.8) is 0 Å². The third-order valence-corrected chi connectivity index (χ3v) is 2.73. The second-order valence-electron chi connectivity index (χ2n) is 3.75. The molecule has 0 amide bonds. The van der Waals surface area contributed by atoms with E-state index >= 15 is 0 Å². The molecule has 1 nitrogen and oxygen atoms in total. The normalized spacial score (nSPS) is 35.8. The lowest BCUT2D eigenvalue weighted by molar-refractivity contribution is 0.0886. The van der Waals surface area contributed by atoms with Gasteiger partial charge in [0.15, 0.2) is 0 Å². The van der Waals surface area contributed by atoms with E-state index in [1.54, 1.807) is 30.3 Å². The van der Waals surface area contributed by atoms with Crippen molar-refractivity contribution in [1.29, 1.82) is 0 Å². The molecule has 0 aromatic heterocycles. The molecule has 0 aliphatic heterocycles. The molecule has 0 heterocycles. The Bertz CT molecular complexity index is 305. The fraction of sp³-hybridized carbons (Fsp3) is 0.400. The van der Waals surface area contributed by atoms with Gasteiger partial charge in [0.2, 0.25) is 0 Å². The molecule has 3 heteroatoms. The first-order valence-electron chi connectivity index (χ1n) is 4.19. The minimum absolute atomic E-state index is 0.623. The molecule has 13 heavy (non-hydrogen) atoms. The van der Waals surface area contributed by atoms with E-state index < -0.39 is 17.4 Å². The van der Waals surface area contributed by atoms with Gasteiger partial charge in [0, 0.05) is 0 Å². The maximum Gasteiger partial charge on any atom is 0.274 e. The highest BCUT2D eigenvalue weighted by atomic mass is 19.3. The number of hydrogen-bond acceptors (Lipinski definition) is 1. The van der Waals surface area contributed by atoms with Crippen LogP contribution in [0.5, 0.6) is 0 Å². The van der Waals surface area contributed by atoms with Crippen molar-refractivity contribution in [1.82, 2.24) is 0 Å². The summed E-state index contributed by atoms with van der Waals surface area (Å²) in [6.45, 7) is 1.39. The zero-order chi connectivity index (χ0) is 9.69. The molecule has 1 aromatic carbocycles. The first-order chi connectivity index (χ1) is 5.98. The van der Waals surface area contributed by atoms with Gasteiger partial charge in [-0.1, -0.05) is 30.3 Å². The Balaban J connectivity index is 2.33. The predicted octanol–water partition coefficient (Wildman–Crippen LogP) is 2.14. The molecule has 2 rings (SSSR count). The lowest BCUT2D eigenvalue weighted by atomic mass is 10.1. The summed E-state index contributed by atoms with van der Waals surface area (Å²) < 4.78 is 26.3. The standard InChI is InChI=1S/C10H11F2N/c1-9(13)8(10(9,11)12)7-5-3-2-4-6-7/h2-6,8H,13H2,1H3/t8-,9+/m1/s1. The Hall–Kier alpha value is -0.960. The van der Waals surface area contributed by atoms with E-state index in [2.05, 4.69) is 0 Å².